The molecule has 1 atom stereocenters. The van der Waals surface area contributed by atoms with Crippen molar-refractivity contribution in [2.45, 2.75) is 77.4 Å². The zero-order chi connectivity index (χ0) is 24.9. The van der Waals surface area contributed by atoms with Gasteiger partial charge in [-0.3, -0.25) is 4.79 Å². The van der Waals surface area contributed by atoms with Gasteiger partial charge < -0.3 is 10.0 Å². The third-order valence-electron chi connectivity index (χ3n) is 5.30. The van der Waals surface area contributed by atoms with E-state index in [1.165, 1.54) is 12.1 Å². The van der Waals surface area contributed by atoms with Crippen LogP contribution in [0.5, 0.6) is 0 Å². The molecule has 1 amide bonds. The van der Waals surface area contributed by atoms with Gasteiger partial charge in [-0.2, -0.15) is 13.2 Å². The van der Waals surface area contributed by atoms with E-state index in [2.05, 4.69) is 6.58 Å². The Labute approximate surface area is 198 Å². The van der Waals surface area contributed by atoms with E-state index < -0.39 is 17.0 Å². The highest BCUT2D eigenvalue weighted by molar-refractivity contribution is 8.16. The summed E-state index contributed by atoms with van der Waals surface area (Å²) >= 11 is 0.758. The molecule has 1 heterocycles. The summed E-state index contributed by atoms with van der Waals surface area (Å²) in [6, 6.07) is 5.58. The summed E-state index contributed by atoms with van der Waals surface area (Å²) < 4.78 is 38.5. The first-order chi connectivity index (χ1) is 15.7. The van der Waals surface area contributed by atoms with Crippen LogP contribution in [-0.4, -0.2) is 33.8 Å². The SMILES string of the molecule is C=C/C=C(/CCCN1C(=O)CCC1CCCCc1cccc(C(F)(F)F)c1)SC(=O)O.CC. The lowest BCUT2D eigenvalue weighted by molar-refractivity contribution is -0.137. The van der Waals surface area contributed by atoms with Crippen molar-refractivity contribution in [1.29, 1.82) is 0 Å². The molecule has 1 N–H and O–H groups in total. The number of unbranched alkanes of at least 4 members (excludes halogenated alkanes) is 1. The van der Waals surface area contributed by atoms with Gasteiger partial charge in [-0.15, -0.1) is 0 Å². The van der Waals surface area contributed by atoms with Crippen molar-refractivity contribution in [2.24, 2.45) is 0 Å². The Morgan fingerprint density at radius 1 is 1.27 bits per heavy atom. The van der Waals surface area contributed by atoms with Crippen molar-refractivity contribution in [2.75, 3.05) is 6.54 Å². The second-order valence-corrected chi connectivity index (χ2v) is 8.64. The van der Waals surface area contributed by atoms with E-state index in [4.69, 9.17) is 5.11 Å². The first-order valence-corrected chi connectivity index (χ1v) is 12.2. The van der Waals surface area contributed by atoms with Crippen LogP contribution in [-0.2, 0) is 17.4 Å². The van der Waals surface area contributed by atoms with Crippen LogP contribution in [0, 0.1) is 0 Å². The molecular formula is C25H34F3NO3S. The molecule has 1 aromatic rings. The predicted octanol–water partition coefficient (Wildman–Crippen LogP) is 7.70. The number of carbonyl (C=O) groups is 2. The molecular weight excluding hydrogens is 451 g/mol. The molecule has 184 valence electrons. The summed E-state index contributed by atoms with van der Waals surface area (Å²) in [7, 11) is 0. The molecule has 2 rings (SSSR count). The van der Waals surface area contributed by atoms with Gasteiger partial charge >= 0.3 is 11.5 Å². The molecule has 1 aromatic carbocycles. The van der Waals surface area contributed by atoms with Gasteiger partial charge in [0, 0.05) is 19.0 Å². The molecule has 1 saturated heterocycles. The summed E-state index contributed by atoms with van der Waals surface area (Å²) in [5.74, 6) is 0.114. The lowest BCUT2D eigenvalue weighted by Gasteiger charge is -2.25. The van der Waals surface area contributed by atoms with Crippen LogP contribution in [0.3, 0.4) is 0 Å². The maximum absolute atomic E-state index is 12.8. The molecule has 1 aliphatic heterocycles. The smallest absolute Gasteiger partial charge is 0.416 e. The van der Waals surface area contributed by atoms with E-state index in [1.807, 2.05) is 18.7 Å². The summed E-state index contributed by atoms with van der Waals surface area (Å²) in [5.41, 5.74) is 0.0511. The van der Waals surface area contributed by atoms with Gasteiger partial charge in [0.25, 0.3) is 0 Å². The fourth-order valence-electron chi connectivity index (χ4n) is 3.85. The molecule has 33 heavy (non-hydrogen) atoms. The van der Waals surface area contributed by atoms with Crippen molar-refractivity contribution < 1.29 is 27.9 Å². The van der Waals surface area contributed by atoms with Gasteiger partial charge in [-0.05, 0) is 66.8 Å². The number of halogens is 3. The van der Waals surface area contributed by atoms with Gasteiger partial charge in [0.05, 0.1) is 5.56 Å². The van der Waals surface area contributed by atoms with Crippen LogP contribution in [0.2, 0.25) is 0 Å². The zero-order valence-corrected chi connectivity index (χ0v) is 20.2. The highest BCUT2D eigenvalue weighted by Crippen LogP contribution is 2.30. The average Bonchev–Trinajstić information content (AvgIpc) is 3.11. The van der Waals surface area contributed by atoms with Crippen LogP contribution in [0.4, 0.5) is 18.0 Å². The topological polar surface area (TPSA) is 57.6 Å². The Hall–Kier alpha value is -2.22. The number of allylic oxidation sites excluding steroid dienone is 3. The number of aryl methyl sites for hydroxylation is 1. The number of likely N-dealkylation sites (tertiary alicyclic amines) is 1. The van der Waals surface area contributed by atoms with E-state index >= 15 is 0 Å². The Kier molecular flexibility index (Phi) is 13.0. The number of alkyl halides is 3. The van der Waals surface area contributed by atoms with Crippen LogP contribution in [0.25, 0.3) is 0 Å². The van der Waals surface area contributed by atoms with Gasteiger partial charge in [0.1, 0.15) is 0 Å². The zero-order valence-electron chi connectivity index (χ0n) is 19.4. The van der Waals surface area contributed by atoms with Crippen LogP contribution in [0.1, 0.15) is 69.9 Å². The minimum absolute atomic E-state index is 0.114. The Morgan fingerprint density at radius 2 is 2.00 bits per heavy atom. The predicted molar refractivity (Wildman–Crippen MR) is 128 cm³/mol. The molecule has 0 radical (unpaired) electrons. The second kappa shape index (κ2) is 14.8. The number of hydrogen-bond donors (Lipinski definition) is 1. The van der Waals surface area contributed by atoms with Crippen molar-refractivity contribution >= 4 is 23.0 Å². The molecule has 1 aliphatic rings. The molecule has 1 unspecified atom stereocenters. The van der Waals surface area contributed by atoms with E-state index in [1.54, 1.807) is 18.2 Å². The summed E-state index contributed by atoms with van der Waals surface area (Å²) in [5, 5.41) is 7.96. The number of amides is 1. The van der Waals surface area contributed by atoms with Crippen molar-refractivity contribution in [3.8, 4) is 0 Å². The number of rotatable bonds is 11. The van der Waals surface area contributed by atoms with E-state index in [9.17, 15) is 22.8 Å². The van der Waals surface area contributed by atoms with Crippen LogP contribution < -0.4 is 0 Å². The molecule has 0 spiro atoms. The lowest BCUT2D eigenvalue weighted by atomic mass is 10.0. The molecule has 0 aromatic heterocycles. The number of carboxylic acid groups (broad SMARTS) is 1. The summed E-state index contributed by atoms with van der Waals surface area (Å²) in [4.78, 5) is 25.7. The Bertz CT molecular complexity index is 808. The maximum Gasteiger partial charge on any atom is 0.416 e. The maximum atomic E-state index is 12.8. The molecule has 4 nitrogen and oxygen atoms in total. The van der Waals surface area contributed by atoms with Crippen molar-refractivity contribution in [3.63, 3.8) is 0 Å². The van der Waals surface area contributed by atoms with E-state index in [0.29, 0.717) is 42.7 Å². The molecule has 8 heteroatoms. The minimum Gasteiger partial charge on any atom is -0.473 e. The molecule has 0 saturated carbocycles. The number of nitrogens with zero attached hydrogens (tertiary/aromatic N) is 1. The quantitative estimate of drug-likeness (QED) is 0.258. The van der Waals surface area contributed by atoms with E-state index in [-0.39, 0.29) is 11.9 Å². The first-order valence-electron chi connectivity index (χ1n) is 11.4. The van der Waals surface area contributed by atoms with Gasteiger partial charge in [0.15, 0.2) is 0 Å². The van der Waals surface area contributed by atoms with Crippen LogP contribution >= 0.6 is 11.8 Å². The van der Waals surface area contributed by atoms with Crippen LogP contribution in [0.15, 0.2) is 47.9 Å². The second-order valence-electron chi connectivity index (χ2n) is 7.56. The van der Waals surface area contributed by atoms with Crippen molar-refractivity contribution in [3.05, 3.63) is 59.0 Å². The summed E-state index contributed by atoms with van der Waals surface area (Å²) in [6.07, 6.45) is 4.44. The monoisotopic (exact) mass is 485 g/mol. The number of thioether (sulfide) groups is 1. The van der Waals surface area contributed by atoms with Crippen molar-refractivity contribution in [1.82, 2.24) is 4.90 Å². The molecule has 0 bridgehead atoms. The highest BCUT2D eigenvalue weighted by Gasteiger charge is 2.31. The summed E-state index contributed by atoms with van der Waals surface area (Å²) in [6.45, 7) is 8.17. The van der Waals surface area contributed by atoms with E-state index in [0.717, 1.165) is 43.5 Å². The van der Waals surface area contributed by atoms with Gasteiger partial charge in [-0.1, -0.05) is 57.2 Å². The third-order valence-corrected chi connectivity index (χ3v) is 6.08. The number of benzene rings is 1. The molecule has 1 fully saturated rings. The largest absolute Gasteiger partial charge is 0.473 e. The third kappa shape index (κ3) is 10.5. The van der Waals surface area contributed by atoms with Gasteiger partial charge in [0.2, 0.25) is 5.91 Å². The fourth-order valence-corrected chi connectivity index (χ4v) is 4.48. The normalized spacial score (nSPS) is 16.4. The average molecular weight is 486 g/mol. The highest BCUT2D eigenvalue weighted by atomic mass is 32.2. The molecule has 0 aliphatic carbocycles. The lowest BCUT2D eigenvalue weighted by Crippen LogP contribution is -2.33. The Morgan fingerprint density at radius 3 is 2.64 bits per heavy atom. The number of hydrogen-bond acceptors (Lipinski definition) is 3. The standard InChI is InChI=1S/C23H28F3NO3S.C2H6/c1-2-7-20(31-22(29)30)12-6-15-27-19(13-14-21(27)28)11-4-3-8-17-9-5-10-18(16-17)23(24,25)26;1-2/h2,5,7,9-10,16,19H,1,3-4,6,8,11-15H2,(H,29,30);1-2H3/b20-7-;. The first kappa shape index (κ1) is 28.8. The fraction of sp³-hybridized carbons (Fsp3) is 0.520. The minimum atomic E-state index is -4.33. The van der Waals surface area contributed by atoms with Gasteiger partial charge in [-0.25, -0.2) is 4.79 Å². The Balaban J connectivity index is 0.00000265. The number of carbonyl (C=O) groups excluding carboxylic acids is 1.